The van der Waals surface area contributed by atoms with Crippen LogP contribution in [0.4, 0.5) is 4.79 Å². The predicted molar refractivity (Wildman–Crippen MR) is 93.2 cm³/mol. The summed E-state index contributed by atoms with van der Waals surface area (Å²) >= 11 is 2.11. The molecule has 2 aliphatic rings. The van der Waals surface area contributed by atoms with Crippen molar-refractivity contribution in [2.45, 2.75) is 51.0 Å². The molecule has 5 heteroatoms. The highest BCUT2D eigenvalue weighted by molar-refractivity contribution is 14.1. The summed E-state index contributed by atoms with van der Waals surface area (Å²) in [7, 11) is 0. The SMILES string of the molecule is CCOC(=O)N(I)[C@H]1Cc2ccc(O)cc2C2CCCC[C@@H]21. The summed E-state index contributed by atoms with van der Waals surface area (Å²) in [4.78, 5) is 12.1. The van der Waals surface area contributed by atoms with Crippen LogP contribution < -0.4 is 0 Å². The lowest BCUT2D eigenvalue weighted by atomic mass is 9.66. The number of phenolic OH excluding ortho intramolecular Hbond substituents is 1. The standard InChI is InChI=1S/C17H22INO3/c1-2-22-17(21)19(18)16-9-11-7-8-12(20)10-15(11)13-5-3-4-6-14(13)16/h7-8,10,13-14,16,20H,2-6,9H2,1H3/t13?,14-,16-/m0/s1. The molecule has 3 atom stereocenters. The summed E-state index contributed by atoms with van der Waals surface area (Å²) in [6.07, 6.45) is 5.34. The van der Waals surface area contributed by atoms with Crippen LogP contribution in [0.5, 0.6) is 5.75 Å². The normalized spacial score (nSPS) is 26.7. The molecule has 120 valence electrons. The molecule has 22 heavy (non-hydrogen) atoms. The molecular formula is C17H22INO3. The van der Waals surface area contributed by atoms with Crippen molar-refractivity contribution in [3.8, 4) is 5.75 Å². The zero-order valence-corrected chi connectivity index (χ0v) is 15.0. The van der Waals surface area contributed by atoms with Crippen LogP contribution in [0.2, 0.25) is 0 Å². The van der Waals surface area contributed by atoms with Crippen LogP contribution in [0.1, 0.15) is 49.7 Å². The first-order chi connectivity index (χ1) is 10.6. The Kier molecular flexibility index (Phi) is 4.80. The van der Waals surface area contributed by atoms with Crippen molar-refractivity contribution < 1.29 is 14.6 Å². The summed E-state index contributed by atoms with van der Waals surface area (Å²) in [5.74, 6) is 1.25. The Morgan fingerprint density at radius 1 is 1.41 bits per heavy atom. The molecule has 0 spiro atoms. The first kappa shape index (κ1) is 15.9. The van der Waals surface area contributed by atoms with Crippen molar-refractivity contribution in [3.05, 3.63) is 29.3 Å². The molecule has 1 amide bonds. The van der Waals surface area contributed by atoms with E-state index in [9.17, 15) is 9.90 Å². The molecule has 0 saturated heterocycles. The van der Waals surface area contributed by atoms with Crippen LogP contribution in [0, 0.1) is 5.92 Å². The highest BCUT2D eigenvalue weighted by atomic mass is 127. The van der Waals surface area contributed by atoms with E-state index in [2.05, 4.69) is 22.9 Å². The Hall–Kier alpha value is -0.980. The fraction of sp³-hybridized carbons (Fsp3) is 0.588. The maximum absolute atomic E-state index is 12.1. The summed E-state index contributed by atoms with van der Waals surface area (Å²) in [5, 5.41) is 9.83. The zero-order chi connectivity index (χ0) is 15.7. The van der Waals surface area contributed by atoms with Gasteiger partial charge >= 0.3 is 6.09 Å². The first-order valence-electron chi connectivity index (χ1n) is 8.05. The third-order valence-corrected chi connectivity index (χ3v) is 6.11. The molecule has 1 N–H and O–H groups in total. The number of hydrogen-bond acceptors (Lipinski definition) is 3. The molecule has 1 unspecified atom stereocenters. The molecule has 1 fully saturated rings. The van der Waals surface area contributed by atoms with Gasteiger partial charge in [-0.3, -0.25) is 0 Å². The maximum atomic E-state index is 12.1. The minimum absolute atomic E-state index is 0.182. The number of rotatable bonds is 2. The highest BCUT2D eigenvalue weighted by Crippen LogP contribution is 2.48. The molecular weight excluding hydrogens is 393 g/mol. The van der Waals surface area contributed by atoms with Crippen LogP contribution in [-0.4, -0.2) is 27.0 Å². The van der Waals surface area contributed by atoms with Gasteiger partial charge in [-0.15, -0.1) is 0 Å². The van der Waals surface area contributed by atoms with E-state index in [-0.39, 0.29) is 12.1 Å². The lowest BCUT2D eigenvalue weighted by Gasteiger charge is -2.44. The number of benzene rings is 1. The quantitative estimate of drug-likeness (QED) is 0.576. The predicted octanol–water partition coefficient (Wildman–Crippen LogP) is 4.40. The number of carbonyl (C=O) groups is 1. The fourth-order valence-corrected chi connectivity index (χ4v) is 4.81. The smallest absolute Gasteiger partial charge is 0.418 e. The van der Waals surface area contributed by atoms with E-state index in [1.165, 1.54) is 24.0 Å². The van der Waals surface area contributed by atoms with Crippen molar-refractivity contribution in [2.75, 3.05) is 6.61 Å². The average Bonchev–Trinajstić information content (AvgIpc) is 2.54. The van der Waals surface area contributed by atoms with Gasteiger partial charge in [0.05, 0.1) is 35.5 Å². The Morgan fingerprint density at radius 2 is 2.18 bits per heavy atom. The van der Waals surface area contributed by atoms with E-state index in [1.807, 2.05) is 19.1 Å². The van der Waals surface area contributed by atoms with Gasteiger partial charge in [0.2, 0.25) is 0 Å². The van der Waals surface area contributed by atoms with Gasteiger partial charge in [-0.25, -0.2) is 7.91 Å². The number of carbonyl (C=O) groups excluding carboxylic acids is 1. The molecule has 4 nitrogen and oxygen atoms in total. The number of fused-ring (bicyclic) bond motifs is 3. The van der Waals surface area contributed by atoms with Crippen LogP contribution in [0.3, 0.4) is 0 Å². The van der Waals surface area contributed by atoms with Gasteiger partial charge < -0.3 is 9.84 Å². The minimum atomic E-state index is -0.236. The number of halogens is 1. The fourth-order valence-electron chi connectivity index (χ4n) is 4.07. The number of nitrogens with zero attached hydrogens (tertiary/aromatic N) is 1. The summed E-state index contributed by atoms with van der Waals surface area (Å²) in [5.41, 5.74) is 2.55. The number of hydrogen-bond donors (Lipinski definition) is 1. The molecule has 0 aromatic heterocycles. The highest BCUT2D eigenvalue weighted by Gasteiger charge is 2.42. The summed E-state index contributed by atoms with van der Waals surface area (Å²) in [6, 6.07) is 5.87. The summed E-state index contributed by atoms with van der Waals surface area (Å²) in [6.45, 7) is 2.24. The number of aromatic hydroxyl groups is 1. The number of phenols is 1. The van der Waals surface area contributed by atoms with Crippen LogP contribution >= 0.6 is 22.9 Å². The summed E-state index contributed by atoms with van der Waals surface area (Å²) < 4.78 is 6.95. The molecule has 2 aliphatic carbocycles. The number of amides is 1. The van der Waals surface area contributed by atoms with Crippen molar-refractivity contribution in [1.82, 2.24) is 3.11 Å². The lowest BCUT2D eigenvalue weighted by molar-refractivity contribution is 0.108. The molecule has 1 aromatic rings. The van der Waals surface area contributed by atoms with E-state index in [4.69, 9.17) is 4.74 Å². The largest absolute Gasteiger partial charge is 0.508 e. The molecule has 0 bridgehead atoms. The van der Waals surface area contributed by atoms with Gasteiger partial charge in [0, 0.05) is 0 Å². The van der Waals surface area contributed by atoms with E-state index < -0.39 is 0 Å². The van der Waals surface area contributed by atoms with Crippen molar-refractivity contribution in [2.24, 2.45) is 5.92 Å². The Morgan fingerprint density at radius 3 is 2.95 bits per heavy atom. The first-order valence-corrected chi connectivity index (χ1v) is 9.02. The van der Waals surface area contributed by atoms with Crippen LogP contribution in [-0.2, 0) is 11.2 Å². The van der Waals surface area contributed by atoms with Gasteiger partial charge in [-0.1, -0.05) is 18.9 Å². The molecule has 3 rings (SSSR count). The second kappa shape index (κ2) is 6.64. The van der Waals surface area contributed by atoms with Gasteiger partial charge in [0.1, 0.15) is 5.75 Å². The second-order valence-corrected chi connectivity index (χ2v) is 7.26. The Bertz CT molecular complexity index is 563. The third kappa shape index (κ3) is 2.92. The van der Waals surface area contributed by atoms with Crippen LogP contribution in [0.15, 0.2) is 18.2 Å². The van der Waals surface area contributed by atoms with Gasteiger partial charge in [-0.05, 0) is 61.3 Å². The van der Waals surface area contributed by atoms with Gasteiger partial charge in [0.25, 0.3) is 0 Å². The van der Waals surface area contributed by atoms with E-state index in [1.54, 1.807) is 9.18 Å². The molecule has 0 radical (unpaired) electrons. The second-order valence-electron chi connectivity index (χ2n) is 6.22. The molecule has 1 saturated carbocycles. The van der Waals surface area contributed by atoms with E-state index >= 15 is 0 Å². The lowest BCUT2D eigenvalue weighted by Crippen LogP contribution is -2.46. The molecule has 0 aliphatic heterocycles. The number of ether oxygens (including phenoxy) is 1. The van der Waals surface area contributed by atoms with Gasteiger partial charge in [-0.2, -0.15) is 0 Å². The Labute approximate surface area is 145 Å². The molecule has 0 heterocycles. The third-order valence-electron chi connectivity index (χ3n) is 5.01. The van der Waals surface area contributed by atoms with E-state index in [0.717, 1.165) is 19.3 Å². The van der Waals surface area contributed by atoms with Crippen LogP contribution in [0.25, 0.3) is 0 Å². The average molecular weight is 415 g/mol. The zero-order valence-electron chi connectivity index (χ0n) is 12.8. The topological polar surface area (TPSA) is 49.8 Å². The maximum Gasteiger partial charge on any atom is 0.418 e. The molecule has 1 aromatic carbocycles. The monoisotopic (exact) mass is 415 g/mol. The van der Waals surface area contributed by atoms with Gasteiger partial charge in [0.15, 0.2) is 0 Å². The van der Waals surface area contributed by atoms with E-state index in [0.29, 0.717) is 24.2 Å². The minimum Gasteiger partial charge on any atom is -0.508 e. The van der Waals surface area contributed by atoms with Crippen molar-refractivity contribution in [3.63, 3.8) is 0 Å². The van der Waals surface area contributed by atoms with Crippen molar-refractivity contribution in [1.29, 1.82) is 0 Å². The Balaban J connectivity index is 1.92. The van der Waals surface area contributed by atoms with Crippen molar-refractivity contribution >= 4 is 29.0 Å².